The predicted molar refractivity (Wildman–Crippen MR) is 79.0 cm³/mol. The van der Waals surface area contributed by atoms with Crippen molar-refractivity contribution >= 4 is 29.0 Å². The van der Waals surface area contributed by atoms with E-state index in [2.05, 4.69) is 36.9 Å². The highest BCUT2D eigenvalue weighted by molar-refractivity contribution is 7.99. The minimum atomic E-state index is -0.0221. The van der Waals surface area contributed by atoms with E-state index in [0.29, 0.717) is 5.25 Å². The van der Waals surface area contributed by atoms with Crippen LogP contribution in [-0.4, -0.2) is 34.9 Å². The Morgan fingerprint density at radius 2 is 2.39 bits per heavy atom. The van der Waals surface area contributed by atoms with Crippen LogP contribution >= 0.6 is 23.1 Å². The van der Waals surface area contributed by atoms with Crippen LogP contribution < -0.4 is 5.32 Å². The summed E-state index contributed by atoms with van der Waals surface area (Å²) in [5, 5.41) is 5.98. The number of rotatable bonds is 5. The molecule has 0 radical (unpaired) electrons. The van der Waals surface area contributed by atoms with Crippen LogP contribution in [0.1, 0.15) is 31.3 Å². The lowest BCUT2D eigenvalue weighted by molar-refractivity contribution is -0.130. The van der Waals surface area contributed by atoms with Gasteiger partial charge < -0.3 is 4.90 Å². The zero-order chi connectivity index (χ0) is 13.1. The number of nitrogens with one attached hydrogen (secondary N) is 1. The largest absolute Gasteiger partial charge is 0.320 e. The van der Waals surface area contributed by atoms with Gasteiger partial charge in [0.2, 0.25) is 5.91 Å². The summed E-state index contributed by atoms with van der Waals surface area (Å²) in [5.74, 6) is 0.247. The molecule has 1 saturated heterocycles. The average Bonchev–Trinajstić information content (AvgIpc) is 2.99. The lowest BCUT2D eigenvalue weighted by atomic mass is 10.2. The van der Waals surface area contributed by atoms with E-state index in [4.69, 9.17) is 0 Å². The fourth-order valence-corrected chi connectivity index (χ4v) is 3.31. The maximum Gasteiger partial charge on any atom is 0.241 e. The quantitative estimate of drug-likeness (QED) is 0.902. The van der Waals surface area contributed by atoms with Crippen molar-refractivity contribution in [2.75, 3.05) is 12.8 Å². The van der Waals surface area contributed by atoms with Crippen molar-refractivity contribution in [1.29, 1.82) is 0 Å². The Morgan fingerprint density at radius 3 is 2.94 bits per heavy atom. The number of nitrogens with zero attached hydrogens (tertiary/aromatic N) is 1. The SMILES string of the molecule is CCC1NC(c2cccs2)N(CC(C)SC)C1=O. The number of carbonyl (C=O) groups is 1. The Morgan fingerprint density at radius 1 is 1.61 bits per heavy atom. The smallest absolute Gasteiger partial charge is 0.241 e. The van der Waals surface area contributed by atoms with Crippen molar-refractivity contribution < 1.29 is 4.79 Å². The summed E-state index contributed by atoms with van der Waals surface area (Å²) >= 11 is 3.51. The van der Waals surface area contributed by atoms with E-state index in [9.17, 15) is 4.79 Å². The summed E-state index contributed by atoms with van der Waals surface area (Å²) in [7, 11) is 0. The van der Waals surface area contributed by atoms with E-state index in [0.717, 1.165) is 13.0 Å². The Hall–Kier alpha value is -0.520. The summed E-state index contributed by atoms with van der Waals surface area (Å²) in [6.07, 6.45) is 3.01. The molecule has 1 aliphatic heterocycles. The number of hydrogen-bond acceptors (Lipinski definition) is 4. The molecular weight excluding hydrogens is 264 g/mol. The topological polar surface area (TPSA) is 32.3 Å². The van der Waals surface area contributed by atoms with Crippen molar-refractivity contribution in [3.8, 4) is 0 Å². The third-order valence-electron chi connectivity index (χ3n) is 3.33. The predicted octanol–water partition coefficient (Wildman–Crippen LogP) is 2.71. The van der Waals surface area contributed by atoms with Crippen LogP contribution in [0.4, 0.5) is 0 Å². The fraction of sp³-hybridized carbons (Fsp3) is 0.615. The number of hydrogen-bond donors (Lipinski definition) is 1. The van der Waals surface area contributed by atoms with Crippen LogP contribution in [0.5, 0.6) is 0 Å². The molecule has 2 rings (SSSR count). The van der Waals surface area contributed by atoms with Crippen LogP contribution in [-0.2, 0) is 4.79 Å². The number of amides is 1. The van der Waals surface area contributed by atoms with Gasteiger partial charge in [-0.25, -0.2) is 0 Å². The molecule has 18 heavy (non-hydrogen) atoms. The van der Waals surface area contributed by atoms with Crippen LogP contribution in [0.25, 0.3) is 0 Å². The first kappa shape index (κ1) is 13.9. The maximum absolute atomic E-state index is 12.4. The Labute approximate surface area is 117 Å². The molecular formula is C13H20N2OS2. The highest BCUT2D eigenvalue weighted by atomic mass is 32.2. The van der Waals surface area contributed by atoms with Crippen molar-refractivity contribution in [3.05, 3.63) is 22.4 Å². The van der Waals surface area contributed by atoms with E-state index in [-0.39, 0.29) is 18.1 Å². The second-order valence-electron chi connectivity index (χ2n) is 4.58. The third-order valence-corrected chi connectivity index (χ3v) is 5.21. The summed E-state index contributed by atoms with van der Waals surface area (Å²) in [6.45, 7) is 5.04. The molecule has 0 spiro atoms. The van der Waals surface area contributed by atoms with E-state index in [1.807, 2.05) is 11.0 Å². The van der Waals surface area contributed by atoms with Gasteiger partial charge in [0.1, 0.15) is 6.17 Å². The van der Waals surface area contributed by atoms with Gasteiger partial charge in [0.25, 0.3) is 0 Å². The first-order valence-electron chi connectivity index (χ1n) is 6.30. The minimum Gasteiger partial charge on any atom is -0.320 e. The summed E-state index contributed by atoms with van der Waals surface area (Å²) in [6, 6.07) is 4.12. The maximum atomic E-state index is 12.4. The normalized spacial score (nSPS) is 25.7. The molecule has 2 heterocycles. The van der Waals surface area contributed by atoms with Gasteiger partial charge in [-0.2, -0.15) is 11.8 Å². The van der Waals surface area contributed by atoms with E-state index in [1.54, 1.807) is 23.1 Å². The second-order valence-corrected chi connectivity index (χ2v) is 6.84. The van der Waals surface area contributed by atoms with Gasteiger partial charge in [-0.05, 0) is 24.1 Å². The van der Waals surface area contributed by atoms with Crippen LogP contribution in [0.3, 0.4) is 0 Å². The van der Waals surface area contributed by atoms with Crippen molar-refractivity contribution in [3.63, 3.8) is 0 Å². The summed E-state index contributed by atoms with van der Waals surface area (Å²) in [5.41, 5.74) is 0. The standard InChI is InChI=1S/C13H20N2OS2/c1-4-10-13(16)15(8-9(2)17-3)12(14-10)11-6-5-7-18-11/h5-7,9-10,12,14H,4,8H2,1-3H3. The van der Waals surface area contributed by atoms with Gasteiger partial charge in [0.05, 0.1) is 6.04 Å². The third kappa shape index (κ3) is 2.73. The summed E-state index contributed by atoms with van der Waals surface area (Å²) in [4.78, 5) is 15.6. The molecule has 1 fully saturated rings. The van der Waals surface area contributed by atoms with Crippen molar-refractivity contribution in [2.45, 2.75) is 37.7 Å². The average molecular weight is 284 g/mol. The lowest BCUT2D eigenvalue weighted by Crippen LogP contribution is -2.35. The molecule has 100 valence electrons. The molecule has 1 aromatic heterocycles. The highest BCUT2D eigenvalue weighted by Crippen LogP contribution is 2.30. The molecule has 5 heteroatoms. The molecule has 1 aromatic rings. The molecule has 0 aromatic carbocycles. The zero-order valence-corrected chi connectivity index (χ0v) is 12.7. The van der Waals surface area contributed by atoms with Crippen molar-refractivity contribution in [2.24, 2.45) is 0 Å². The van der Waals surface area contributed by atoms with Crippen molar-refractivity contribution in [1.82, 2.24) is 10.2 Å². The van der Waals surface area contributed by atoms with Gasteiger partial charge in [0.15, 0.2) is 0 Å². The van der Waals surface area contributed by atoms with Crippen LogP contribution in [0.2, 0.25) is 0 Å². The second kappa shape index (κ2) is 6.08. The van der Waals surface area contributed by atoms with Gasteiger partial charge >= 0.3 is 0 Å². The Balaban J connectivity index is 2.18. The van der Waals surface area contributed by atoms with Crippen LogP contribution in [0, 0.1) is 0 Å². The zero-order valence-electron chi connectivity index (χ0n) is 11.1. The molecule has 1 N–H and O–H groups in total. The van der Waals surface area contributed by atoms with Gasteiger partial charge in [-0.15, -0.1) is 11.3 Å². The lowest BCUT2D eigenvalue weighted by Gasteiger charge is -2.25. The minimum absolute atomic E-state index is 0.0221. The Bertz CT molecular complexity index is 394. The molecule has 0 saturated carbocycles. The van der Waals surface area contributed by atoms with E-state index in [1.165, 1.54) is 4.88 Å². The summed E-state index contributed by atoms with van der Waals surface area (Å²) < 4.78 is 0. The van der Waals surface area contributed by atoms with E-state index < -0.39 is 0 Å². The fourth-order valence-electron chi connectivity index (χ4n) is 2.20. The molecule has 1 amide bonds. The molecule has 0 bridgehead atoms. The van der Waals surface area contributed by atoms with Gasteiger partial charge in [-0.1, -0.05) is 19.9 Å². The van der Waals surface area contributed by atoms with Crippen LogP contribution in [0.15, 0.2) is 17.5 Å². The number of thioether (sulfide) groups is 1. The first-order valence-corrected chi connectivity index (χ1v) is 8.46. The number of carbonyl (C=O) groups excluding carboxylic acids is 1. The monoisotopic (exact) mass is 284 g/mol. The molecule has 3 unspecified atom stereocenters. The Kier molecular flexibility index (Phi) is 4.70. The van der Waals surface area contributed by atoms with Gasteiger partial charge in [-0.3, -0.25) is 10.1 Å². The highest BCUT2D eigenvalue weighted by Gasteiger charge is 2.39. The first-order chi connectivity index (χ1) is 8.67. The van der Waals surface area contributed by atoms with Gasteiger partial charge in [0, 0.05) is 16.7 Å². The number of thiophene rings is 1. The molecule has 0 aliphatic carbocycles. The van der Waals surface area contributed by atoms with E-state index >= 15 is 0 Å². The molecule has 1 aliphatic rings. The molecule has 3 nitrogen and oxygen atoms in total. The molecule has 3 atom stereocenters.